The monoisotopic (exact) mass is 243 g/mol. The first-order valence-electron chi connectivity index (χ1n) is 7.06. The van der Waals surface area contributed by atoms with E-state index in [-0.39, 0.29) is 0 Å². The molecule has 0 unspecified atom stereocenters. The second kappa shape index (κ2) is 9.35. The average Bonchev–Trinajstić information content (AvgIpc) is 2.34. The summed E-state index contributed by atoms with van der Waals surface area (Å²) in [6, 6.07) is 0. The van der Waals surface area contributed by atoms with Crippen molar-refractivity contribution in [2.45, 2.75) is 51.9 Å². The highest BCUT2D eigenvalue weighted by Crippen LogP contribution is 2.29. The summed E-state index contributed by atoms with van der Waals surface area (Å²) >= 11 is 1.96. The van der Waals surface area contributed by atoms with Crippen LogP contribution in [-0.2, 0) is 0 Å². The van der Waals surface area contributed by atoms with E-state index in [1.54, 1.807) is 0 Å². The summed E-state index contributed by atoms with van der Waals surface area (Å²) < 4.78 is 0. The van der Waals surface area contributed by atoms with Gasteiger partial charge in [0.2, 0.25) is 0 Å². The smallest absolute Gasteiger partial charge is 0.00205 e. The molecule has 0 amide bonds. The van der Waals surface area contributed by atoms with Gasteiger partial charge in [-0.3, -0.25) is 0 Å². The highest BCUT2D eigenvalue weighted by molar-refractivity contribution is 7.98. The van der Waals surface area contributed by atoms with Crippen molar-refractivity contribution in [3.05, 3.63) is 0 Å². The van der Waals surface area contributed by atoms with Gasteiger partial charge in [-0.05, 0) is 62.6 Å². The predicted molar refractivity (Wildman–Crippen MR) is 76.2 cm³/mol. The highest BCUT2D eigenvalue weighted by atomic mass is 32.2. The van der Waals surface area contributed by atoms with Crippen LogP contribution in [0.5, 0.6) is 0 Å². The zero-order chi connectivity index (χ0) is 11.6. The van der Waals surface area contributed by atoms with Crippen LogP contribution in [0.1, 0.15) is 51.9 Å². The summed E-state index contributed by atoms with van der Waals surface area (Å²) in [5, 5.41) is 3.64. The first-order chi connectivity index (χ1) is 7.86. The van der Waals surface area contributed by atoms with Crippen LogP contribution >= 0.6 is 11.8 Å². The van der Waals surface area contributed by atoms with E-state index < -0.39 is 0 Å². The Morgan fingerprint density at radius 3 is 2.38 bits per heavy atom. The first-order valence-corrected chi connectivity index (χ1v) is 8.45. The van der Waals surface area contributed by atoms with Crippen LogP contribution in [0.4, 0.5) is 0 Å². The van der Waals surface area contributed by atoms with E-state index in [1.807, 2.05) is 11.8 Å². The Labute approximate surface area is 106 Å². The molecule has 0 aromatic heterocycles. The standard InChI is InChI=1S/C14H29NS/c1-3-13-6-8-14(9-7-13)12-15-10-4-5-11-16-2/h13-15H,3-12H2,1-2H3. The maximum Gasteiger partial charge on any atom is -0.00205 e. The number of unbranched alkanes of at least 4 members (excludes halogenated alkanes) is 1. The molecule has 0 aliphatic heterocycles. The topological polar surface area (TPSA) is 12.0 Å². The largest absolute Gasteiger partial charge is 0.316 e. The third-order valence-corrected chi connectivity index (χ3v) is 4.63. The second-order valence-corrected chi connectivity index (χ2v) is 6.18. The van der Waals surface area contributed by atoms with Crippen LogP contribution < -0.4 is 5.32 Å². The summed E-state index contributed by atoms with van der Waals surface area (Å²) in [4.78, 5) is 0. The summed E-state index contributed by atoms with van der Waals surface area (Å²) in [6.07, 6.45) is 12.2. The molecular weight excluding hydrogens is 214 g/mol. The molecule has 0 atom stereocenters. The quantitative estimate of drug-likeness (QED) is 0.648. The van der Waals surface area contributed by atoms with Gasteiger partial charge in [-0.2, -0.15) is 11.8 Å². The Balaban J connectivity index is 1.90. The number of hydrogen-bond donors (Lipinski definition) is 1. The number of rotatable bonds is 8. The SMILES string of the molecule is CCC1CCC(CNCCCCSC)CC1. The van der Waals surface area contributed by atoms with Gasteiger partial charge in [-0.25, -0.2) is 0 Å². The predicted octanol–water partition coefficient (Wildman–Crippen LogP) is 3.94. The van der Waals surface area contributed by atoms with Crippen LogP contribution in [0.2, 0.25) is 0 Å². The molecule has 2 heteroatoms. The number of nitrogens with one attached hydrogen (secondary N) is 1. The summed E-state index contributed by atoms with van der Waals surface area (Å²) in [5.41, 5.74) is 0. The maximum absolute atomic E-state index is 3.64. The molecule has 0 bridgehead atoms. The lowest BCUT2D eigenvalue weighted by molar-refractivity contribution is 0.263. The Bertz CT molecular complexity index is 153. The molecule has 1 N–H and O–H groups in total. The Kier molecular flexibility index (Phi) is 8.40. The molecule has 0 spiro atoms. The summed E-state index contributed by atoms with van der Waals surface area (Å²) in [7, 11) is 0. The molecule has 1 fully saturated rings. The van der Waals surface area contributed by atoms with E-state index in [4.69, 9.17) is 0 Å². The maximum atomic E-state index is 3.64. The van der Waals surface area contributed by atoms with E-state index in [9.17, 15) is 0 Å². The summed E-state index contributed by atoms with van der Waals surface area (Å²) in [6.45, 7) is 4.85. The minimum Gasteiger partial charge on any atom is -0.316 e. The molecule has 1 nitrogen and oxygen atoms in total. The molecule has 1 aliphatic rings. The third kappa shape index (κ3) is 6.15. The molecule has 0 saturated heterocycles. The highest BCUT2D eigenvalue weighted by Gasteiger charge is 2.19. The lowest BCUT2D eigenvalue weighted by atomic mass is 9.81. The van der Waals surface area contributed by atoms with Crippen LogP contribution in [-0.4, -0.2) is 25.1 Å². The summed E-state index contributed by atoms with van der Waals surface area (Å²) in [5.74, 6) is 3.34. The van der Waals surface area contributed by atoms with Gasteiger partial charge in [0.25, 0.3) is 0 Å². The molecule has 16 heavy (non-hydrogen) atoms. The molecule has 1 saturated carbocycles. The average molecular weight is 243 g/mol. The number of hydrogen-bond acceptors (Lipinski definition) is 2. The van der Waals surface area contributed by atoms with Gasteiger partial charge in [0.05, 0.1) is 0 Å². The molecule has 96 valence electrons. The zero-order valence-corrected chi connectivity index (χ0v) is 12.0. The Hall–Kier alpha value is 0.310. The van der Waals surface area contributed by atoms with Crippen molar-refractivity contribution in [2.24, 2.45) is 11.8 Å². The first kappa shape index (κ1) is 14.4. The molecule has 1 aliphatic carbocycles. The minimum atomic E-state index is 0.975. The van der Waals surface area contributed by atoms with Gasteiger partial charge in [0, 0.05) is 0 Å². The van der Waals surface area contributed by atoms with E-state index in [0.29, 0.717) is 0 Å². The minimum absolute atomic E-state index is 0.975. The van der Waals surface area contributed by atoms with Gasteiger partial charge >= 0.3 is 0 Å². The van der Waals surface area contributed by atoms with E-state index in [2.05, 4.69) is 18.5 Å². The van der Waals surface area contributed by atoms with Gasteiger partial charge < -0.3 is 5.32 Å². The van der Waals surface area contributed by atoms with Crippen molar-refractivity contribution in [2.75, 3.05) is 25.1 Å². The van der Waals surface area contributed by atoms with Gasteiger partial charge in [-0.1, -0.05) is 26.2 Å². The second-order valence-electron chi connectivity index (χ2n) is 5.20. The zero-order valence-electron chi connectivity index (χ0n) is 11.1. The molecule has 0 aromatic carbocycles. The lowest BCUT2D eigenvalue weighted by Gasteiger charge is -2.27. The van der Waals surface area contributed by atoms with Crippen molar-refractivity contribution < 1.29 is 0 Å². The van der Waals surface area contributed by atoms with E-state index >= 15 is 0 Å². The Morgan fingerprint density at radius 1 is 1.06 bits per heavy atom. The van der Waals surface area contributed by atoms with Gasteiger partial charge in [0.15, 0.2) is 0 Å². The normalized spacial score (nSPS) is 25.9. The fraction of sp³-hybridized carbons (Fsp3) is 1.00. The fourth-order valence-electron chi connectivity index (χ4n) is 2.65. The van der Waals surface area contributed by atoms with Crippen molar-refractivity contribution in [3.8, 4) is 0 Å². The fourth-order valence-corrected chi connectivity index (χ4v) is 3.14. The molecule has 0 aromatic rings. The van der Waals surface area contributed by atoms with Crippen LogP contribution in [0.3, 0.4) is 0 Å². The van der Waals surface area contributed by atoms with Crippen molar-refractivity contribution in [3.63, 3.8) is 0 Å². The molecule has 1 rings (SSSR count). The third-order valence-electron chi connectivity index (χ3n) is 3.93. The van der Waals surface area contributed by atoms with Crippen LogP contribution in [0.15, 0.2) is 0 Å². The Morgan fingerprint density at radius 2 is 1.75 bits per heavy atom. The lowest BCUT2D eigenvalue weighted by Crippen LogP contribution is -2.27. The van der Waals surface area contributed by atoms with Crippen molar-refractivity contribution >= 4 is 11.8 Å². The molecular formula is C14H29NS. The van der Waals surface area contributed by atoms with Crippen LogP contribution in [0, 0.1) is 11.8 Å². The van der Waals surface area contributed by atoms with E-state index in [1.165, 1.54) is 63.8 Å². The number of thioether (sulfide) groups is 1. The van der Waals surface area contributed by atoms with Crippen molar-refractivity contribution in [1.29, 1.82) is 0 Å². The van der Waals surface area contributed by atoms with Gasteiger partial charge in [-0.15, -0.1) is 0 Å². The van der Waals surface area contributed by atoms with Crippen molar-refractivity contribution in [1.82, 2.24) is 5.32 Å². The molecule has 0 radical (unpaired) electrons. The van der Waals surface area contributed by atoms with Gasteiger partial charge in [0.1, 0.15) is 0 Å². The molecule has 0 heterocycles. The van der Waals surface area contributed by atoms with E-state index in [0.717, 1.165) is 11.8 Å². The van der Waals surface area contributed by atoms with Crippen LogP contribution in [0.25, 0.3) is 0 Å².